The van der Waals surface area contributed by atoms with Gasteiger partial charge >= 0.3 is 5.97 Å². The van der Waals surface area contributed by atoms with E-state index in [9.17, 15) is 9.59 Å². The first-order valence-electron chi connectivity index (χ1n) is 8.90. The van der Waals surface area contributed by atoms with Gasteiger partial charge in [0.1, 0.15) is 0 Å². The molecule has 1 aromatic heterocycles. The molecular weight excluding hydrogens is 340 g/mol. The summed E-state index contributed by atoms with van der Waals surface area (Å²) in [5, 5.41) is 2.29. The van der Waals surface area contributed by atoms with Gasteiger partial charge in [0.2, 0.25) is 5.91 Å². The molecule has 1 saturated heterocycles. The van der Waals surface area contributed by atoms with Crippen LogP contribution in [0.25, 0.3) is 21.9 Å². The number of rotatable bonds is 3. The van der Waals surface area contributed by atoms with Gasteiger partial charge in [-0.25, -0.2) is 0 Å². The second kappa shape index (κ2) is 6.83. The SMILES string of the molecule is COC(=O)C1CC(=O)N(c2ccc(-c3ccc(C)c4cnccc34)cc2)C1. The van der Waals surface area contributed by atoms with E-state index in [1.807, 2.05) is 36.5 Å². The number of esters is 1. The molecular formula is C22H20N2O3. The van der Waals surface area contributed by atoms with E-state index in [0.29, 0.717) is 6.54 Å². The van der Waals surface area contributed by atoms with Gasteiger partial charge in [0.05, 0.1) is 13.0 Å². The van der Waals surface area contributed by atoms with Gasteiger partial charge in [0.25, 0.3) is 0 Å². The van der Waals surface area contributed by atoms with Gasteiger partial charge in [-0.05, 0) is 47.2 Å². The van der Waals surface area contributed by atoms with Crippen molar-refractivity contribution in [3.63, 3.8) is 0 Å². The Kier molecular flexibility index (Phi) is 4.36. The maximum absolute atomic E-state index is 12.3. The predicted molar refractivity (Wildman–Crippen MR) is 104 cm³/mol. The first kappa shape index (κ1) is 17.2. The van der Waals surface area contributed by atoms with Crippen LogP contribution in [0.1, 0.15) is 12.0 Å². The summed E-state index contributed by atoms with van der Waals surface area (Å²) in [7, 11) is 1.35. The van der Waals surface area contributed by atoms with Crippen LogP contribution in [0.4, 0.5) is 5.69 Å². The van der Waals surface area contributed by atoms with Gasteiger partial charge in [-0.2, -0.15) is 0 Å². The molecule has 0 spiro atoms. The summed E-state index contributed by atoms with van der Waals surface area (Å²) in [5.74, 6) is -0.775. The smallest absolute Gasteiger partial charge is 0.311 e. The summed E-state index contributed by atoms with van der Waals surface area (Å²) in [6.45, 7) is 2.44. The van der Waals surface area contributed by atoms with Gasteiger partial charge < -0.3 is 9.64 Å². The molecule has 1 atom stereocenters. The fraction of sp³-hybridized carbons (Fsp3) is 0.227. The van der Waals surface area contributed by atoms with Crippen LogP contribution in [0.15, 0.2) is 54.9 Å². The largest absolute Gasteiger partial charge is 0.469 e. The number of pyridine rings is 1. The molecule has 1 aliphatic heterocycles. The number of amides is 1. The van der Waals surface area contributed by atoms with E-state index in [1.54, 1.807) is 11.1 Å². The molecule has 3 aromatic rings. The quantitative estimate of drug-likeness (QED) is 0.668. The predicted octanol–water partition coefficient (Wildman–Crippen LogP) is 3.74. The highest BCUT2D eigenvalue weighted by atomic mass is 16.5. The van der Waals surface area contributed by atoms with E-state index in [2.05, 4.69) is 24.0 Å². The molecule has 0 saturated carbocycles. The van der Waals surface area contributed by atoms with Crippen LogP contribution >= 0.6 is 0 Å². The Labute approximate surface area is 157 Å². The summed E-state index contributed by atoms with van der Waals surface area (Å²) < 4.78 is 4.77. The molecule has 0 aliphatic carbocycles. The standard InChI is InChI=1S/C22H20N2O3/c1-14-3-8-18(19-9-10-23-12-20(14)19)15-4-6-17(7-5-15)24-13-16(11-21(24)25)22(26)27-2/h3-10,12,16H,11,13H2,1-2H3. The first-order valence-corrected chi connectivity index (χ1v) is 8.90. The van der Waals surface area contributed by atoms with Crippen LogP contribution in [0.5, 0.6) is 0 Å². The van der Waals surface area contributed by atoms with E-state index in [1.165, 1.54) is 12.7 Å². The molecule has 4 rings (SSSR count). The fourth-order valence-electron chi connectivity index (χ4n) is 3.69. The second-order valence-electron chi connectivity index (χ2n) is 6.83. The second-order valence-corrected chi connectivity index (χ2v) is 6.83. The van der Waals surface area contributed by atoms with Crippen LogP contribution in [0, 0.1) is 12.8 Å². The minimum Gasteiger partial charge on any atom is -0.469 e. The zero-order valence-electron chi connectivity index (χ0n) is 15.3. The zero-order chi connectivity index (χ0) is 19.0. The van der Waals surface area contributed by atoms with Crippen molar-refractivity contribution in [3.8, 4) is 11.1 Å². The maximum atomic E-state index is 12.3. The highest BCUT2D eigenvalue weighted by molar-refractivity contribution is 6.01. The zero-order valence-corrected chi connectivity index (χ0v) is 15.3. The van der Waals surface area contributed by atoms with Crippen molar-refractivity contribution >= 4 is 28.3 Å². The van der Waals surface area contributed by atoms with E-state index >= 15 is 0 Å². The molecule has 5 heteroatoms. The van der Waals surface area contributed by atoms with Crippen molar-refractivity contribution in [1.29, 1.82) is 0 Å². The van der Waals surface area contributed by atoms with E-state index in [-0.39, 0.29) is 18.3 Å². The molecule has 1 aliphatic rings. The van der Waals surface area contributed by atoms with Crippen molar-refractivity contribution in [2.75, 3.05) is 18.6 Å². The Morgan fingerprint density at radius 2 is 1.89 bits per heavy atom. The average molecular weight is 360 g/mol. The average Bonchev–Trinajstić information content (AvgIpc) is 3.10. The number of methoxy groups -OCH3 is 1. The summed E-state index contributed by atoms with van der Waals surface area (Å²) >= 11 is 0. The number of hydrogen-bond acceptors (Lipinski definition) is 4. The summed E-state index contributed by atoms with van der Waals surface area (Å²) in [6, 6.07) is 14.1. The van der Waals surface area contributed by atoms with E-state index < -0.39 is 5.92 Å². The lowest BCUT2D eigenvalue weighted by molar-refractivity contribution is -0.145. The number of benzene rings is 2. The minimum absolute atomic E-state index is 0.0509. The normalized spacial score (nSPS) is 16.7. The Morgan fingerprint density at radius 1 is 1.11 bits per heavy atom. The van der Waals surface area contributed by atoms with Crippen molar-refractivity contribution in [3.05, 3.63) is 60.4 Å². The van der Waals surface area contributed by atoms with Gasteiger partial charge in [-0.1, -0.05) is 24.3 Å². The molecule has 1 fully saturated rings. The highest BCUT2D eigenvalue weighted by Gasteiger charge is 2.35. The molecule has 2 heterocycles. The van der Waals surface area contributed by atoms with Crippen molar-refractivity contribution in [2.45, 2.75) is 13.3 Å². The molecule has 136 valence electrons. The number of aryl methyl sites for hydroxylation is 1. The van der Waals surface area contributed by atoms with Crippen LogP contribution in [0.2, 0.25) is 0 Å². The Morgan fingerprint density at radius 3 is 2.63 bits per heavy atom. The summed E-state index contributed by atoms with van der Waals surface area (Å²) in [5.41, 5.74) is 4.19. The van der Waals surface area contributed by atoms with Gasteiger partial charge in [0.15, 0.2) is 0 Å². The Balaban J connectivity index is 1.65. The molecule has 0 radical (unpaired) electrons. The minimum atomic E-state index is -0.393. The maximum Gasteiger partial charge on any atom is 0.311 e. The van der Waals surface area contributed by atoms with Gasteiger partial charge in [-0.3, -0.25) is 14.6 Å². The highest BCUT2D eigenvalue weighted by Crippen LogP contribution is 2.32. The molecule has 5 nitrogen and oxygen atoms in total. The number of hydrogen-bond donors (Lipinski definition) is 0. The lowest BCUT2D eigenvalue weighted by Crippen LogP contribution is -2.26. The molecule has 2 aromatic carbocycles. The molecule has 27 heavy (non-hydrogen) atoms. The number of aromatic nitrogens is 1. The van der Waals surface area contributed by atoms with Crippen molar-refractivity contribution in [1.82, 2.24) is 4.98 Å². The van der Waals surface area contributed by atoms with Gasteiger partial charge in [-0.15, -0.1) is 0 Å². The number of fused-ring (bicyclic) bond motifs is 1. The summed E-state index contributed by atoms with van der Waals surface area (Å²) in [6.07, 6.45) is 3.89. The van der Waals surface area contributed by atoms with Crippen LogP contribution in [0.3, 0.4) is 0 Å². The molecule has 0 bridgehead atoms. The molecule has 0 N–H and O–H groups in total. The number of carbonyl (C=O) groups excluding carboxylic acids is 2. The van der Waals surface area contributed by atoms with Crippen molar-refractivity contribution < 1.29 is 14.3 Å². The monoisotopic (exact) mass is 360 g/mol. The van der Waals surface area contributed by atoms with Crippen LogP contribution in [-0.2, 0) is 14.3 Å². The van der Waals surface area contributed by atoms with Crippen molar-refractivity contribution in [2.24, 2.45) is 5.92 Å². The summed E-state index contributed by atoms with van der Waals surface area (Å²) in [4.78, 5) is 29.9. The number of carbonyl (C=O) groups is 2. The van der Waals surface area contributed by atoms with Crippen LogP contribution in [-0.4, -0.2) is 30.5 Å². The topological polar surface area (TPSA) is 59.5 Å². The lowest BCUT2D eigenvalue weighted by Gasteiger charge is -2.17. The fourth-order valence-corrected chi connectivity index (χ4v) is 3.69. The first-order chi connectivity index (χ1) is 13.1. The number of ether oxygens (including phenoxy) is 1. The lowest BCUT2D eigenvalue weighted by atomic mass is 9.96. The molecule has 1 unspecified atom stereocenters. The third-order valence-electron chi connectivity index (χ3n) is 5.19. The third-order valence-corrected chi connectivity index (χ3v) is 5.19. The van der Waals surface area contributed by atoms with E-state index in [0.717, 1.165) is 27.6 Å². The van der Waals surface area contributed by atoms with E-state index in [4.69, 9.17) is 4.74 Å². The Bertz CT molecular complexity index is 1030. The molecule has 1 amide bonds. The number of anilines is 1. The number of nitrogens with zero attached hydrogens (tertiary/aromatic N) is 2. The Hall–Kier alpha value is -3.21. The third kappa shape index (κ3) is 3.05. The van der Waals surface area contributed by atoms with Crippen LogP contribution < -0.4 is 4.90 Å². The van der Waals surface area contributed by atoms with Gasteiger partial charge in [0, 0.05) is 36.4 Å².